The molecule has 1 amide bonds. The van der Waals surface area contributed by atoms with E-state index in [2.05, 4.69) is 22.3 Å². The van der Waals surface area contributed by atoms with Gasteiger partial charge in [-0.15, -0.1) is 0 Å². The molecule has 1 heterocycles. The van der Waals surface area contributed by atoms with E-state index in [0.29, 0.717) is 18.0 Å². The van der Waals surface area contributed by atoms with E-state index in [4.69, 9.17) is 4.74 Å². The summed E-state index contributed by atoms with van der Waals surface area (Å²) < 4.78 is 33.1. The first-order valence-electron chi connectivity index (χ1n) is 11.8. The lowest BCUT2D eigenvalue weighted by atomic mass is 10.1. The van der Waals surface area contributed by atoms with Gasteiger partial charge in [0.2, 0.25) is 5.91 Å². The van der Waals surface area contributed by atoms with Crippen LogP contribution in [-0.2, 0) is 21.4 Å². The molecule has 184 valence electrons. The minimum absolute atomic E-state index is 0.0863. The number of hydrogen-bond donors (Lipinski definition) is 1. The number of benzene rings is 3. The molecule has 0 unspecified atom stereocenters. The number of sulfonamides is 1. The Morgan fingerprint density at radius 3 is 2.20 bits per heavy atom. The average molecular weight is 494 g/mol. The van der Waals surface area contributed by atoms with Crippen LogP contribution >= 0.6 is 0 Å². The van der Waals surface area contributed by atoms with Crippen LogP contribution in [0.2, 0.25) is 0 Å². The van der Waals surface area contributed by atoms with E-state index < -0.39 is 10.0 Å². The summed E-state index contributed by atoms with van der Waals surface area (Å²) in [7, 11) is -2.44. The first-order chi connectivity index (χ1) is 17.0. The average Bonchev–Trinajstić information content (AvgIpc) is 2.91. The van der Waals surface area contributed by atoms with Crippen LogP contribution in [0.5, 0.6) is 5.75 Å². The van der Waals surface area contributed by atoms with Crippen LogP contribution in [0.3, 0.4) is 0 Å². The highest BCUT2D eigenvalue weighted by Crippen LogP contribution is 2.25. The highest BCUT2D eigenvalue weighted by Gasteiger charge is 2.27. The van der Waals surface area contributed by atoms with Crippen LogP contribution in [0.1, 0.15) is 24.8 Å². The molecule has 0 aromatic heterocycles. The Kier molecular flexibility index (Phi) is 7.92. The number of hydrogen-bond acceptors (Lipinski definition) is 5. The molecular weight excluding hydrogens is 462 g/mol. The minimum Gasteiger partial charge on any atom is -0.497 e. The summed E-state index contributed by atoms with van der Waals surface area (Å²) in [5.74, 6) is 0.172. The molecule has 0 spiro atoms. The second-order valence-corrected chi connectivity index (χ2v) is 10.4. The lowest BCUT2D eigenvalue weighted by molar-refractivity contribution is -0.119. The third kappa shape index (κ3) is 6.14. The second kappa shape index (κ2) is 11.3. The number of para-hydroxylation sites is 1. The van der Waals surface area contributed by atoms with Gasteiger partial charge in [-0.1, -0.05) is 30.3 Å². The summed E-state index contributed by atoms with van der Waals surface area (Å²) in [6, 6.07) is 22.9. The van der Waals surface area contributed by atoms with Crippen LogP contribution in [0, 0.1) is 0 Å². The van der Waals surface area contributed by atoms with Crippen LogP contribution in [0.25, 0.3) is 0 Å². The predicted octanol–water partition coefficient (Wildman–Crippen LogP) is 4.20. The van der Waals surface area contributed by atoms with Crippen molar-refractivity contribution >= 4 is 27.3 Å². The van der Waals surface area contributed by atoms with Crippen molar-refractivity contribution in [1.29, 1.82) is 0 Å². The van der Waals surface area contributed by atoms with E-state index >= 15 is 0 Å². The van der Waals surface area contributed by atoms with Gasteiger partial charge in [0, 0.05) is 25.3 Å². The zero-order chi connectivity index (χ0) is 24.7. The number of methoxy groups -OCH3 is 1. The van der Waals surface area contributed by atoms with Gasteiger partial charge in [-0.3, -0.25) is 9.10 Å². The van der Waals surface area contributed by atoms with Gasteiger partial charge in [0.25, 0.3) is 10.0 Å². The maximum atomic E-state index is 13.4. The third-order valence-electron chi connectivity index (χ3n) is 6.13. The van der Waals surface area contributed by atoms with Crippen molar-refractivity contribution in [1.82, 2.24) is 5.32 Å². The maximum absolute atomic E-state index is 13.4. The van der Waals surface area contributed by atoms with Crippen molar-refractivity contribution in [3.05, 3.63) is 84.4 Å². The maximum Gasteiger partial charge on any atom is 0.264 e. The summed E-state index contributed by atoms with van der Waals surface area (Å²) in [4.78, 5) is 15.3. The molecule has 4 rings (SSSR count). The number of carbonyl (C=O) groups excluding carboxylic acids is 1. The van der Waals surface area contributed by atoms with E-state index in [0.717, 1.165) is 23.0 Å². The molecule has 35 heavy (non-hydrogen) atoms. The molecule has 0 atom stereocenters. The monoisotopic (exact) mass is 493 g/mol. The van der Waals surface area contributed by atoms with Crippen LogP contribution < -0.4 is 19.3 Å². The van der Waals surface area contributed by atoms with E-state index in [1.54, 1.807) is 42.5 Å². The Bertz CT molecular complexity index is 1210. The fraction of sp³-hybridized carbons (Fsp3) is 0.296. The van der Waals surface area contributed by atoms with Crippen molar-refractivity contribution in [2.24, 2.45) is 0 Å². The number of nitrogens with zero attached hydrogens (tertiary/aromatic N) is 2. The molecule has 0 bridgehead atoms. The van der Waals surface area contributed by atoms with Gasteiger partial charge in [-0.25, -0.2) is 8.42 Å². The molecule has 1 aliphatic heterocycles. The fourth-order valence-corrected chi connectivity index (χ4v) is 5.57. The van der Waals surface area contributed by atoms with Crippen LogP contribution in [0.15, 0.2) is 83.8 Å². The minimum atomic E-state index is -3.96. The van der Waals surface area contributed by atoms with Crippen molar-refractivity contribution in [3.63, 3.8) is 0 Å². The Balaban J connectivity index is 1.44. The van der Waals surface area contributed by atoms with E-state index in [1.165, 1.54) is 44.2 Å². The van der Waals surface area contributed by atoms with E-state index in [9.17, 15) is 13.2 Å². The molecule has 3 aromatic rings. The largest absolute Gasteiger partial charge is 0.497 e. The van der Waals surface area contributed by atoms with E-state index in [1.807, 2.05) is 12.1 Å². The quantitative estimate of drug-likeness (QED) is 0.483. The lowest BCUT2D eigenvalue weighted by Crippen LogP contribution is -2.40. The molecule has 0 aliphatic carbocycles. The van der Waals surface area contributed by atoms with Gasteiger partial charge < -0.3 is 15.0 Å². The summed E-state index contributed by atoms with van der Waals surface area (Å²) in [6.07, 6.45) is 3.72. The molecule has 8 heteroatoms. The predicted molar refractivity (Wildman–Crippen MR) is 138 cm³/mol. The summed E-state index contributed by atoms with van der Waals surface area (Å²) in [6.45, 7) is 2.15. The van der Waals surface area contributed by atoms with Crippen LogP contribution in [-0.4, -0.2) is 41.1 Å². The molecule has 3 aromatic carbocycles. The SMILES string of the molecule is COc1ccc(S(=O)(=O)N(CC(=O)NCc2ccc(N3CCCCC3)cc2)c2ccccc2)cc1. The van der Waals surface area contributed by atoms with Crippen molar-refractivity contribution in [2.75, 3.05) is 35.9 Å². The lowest BCUT2D eigenvalue weighted by Gasteiger charge is -2.28. The van der Waals surface area contributed by atoms with Gasteiger partial charge in [0.15, 0.2) is 0 Å². The highest BCUT2D eigenvalue weighted by atomic mass is 32.2. The standard InChI is InChI=1S/C27H31N3O4S/c1-34-25-14-16-26(17-15-25)35(32,33)30(24-8-4-2-5-9-24)21-27(31)28-20-22-10-12-23(13-11-22)29-18-6-3-7-19-29/h2,4-5,8-17H,3,6-7,18-21H2,1H3,(H,28,31). The van der Waals surface area contributed by atoms with Crippen molar-refractivity contribution in [3.8, 4) is 5.75 Å². The molecule has 0 radical (unpaired) electrons. The molecular formula is C27H31N3O4S. The van der Waals surface area contributed by atoms with Gasteiger partial charge in [-0.05, 0) is 73.4 Å². The molecule has 1 fully saturated rings. The van der Waals surface area contributed by atoms with Crippen LogP contribution in [0.4, 0.5) is 11.4 Å². The van der Waals surface area contributed by atoms with Gasteiger partial charge in [0.1, 0.15) is 12.3 Å². The Morgan fingerprint density at radius 1 is 0.914 bits per heavy atom. The second-order valence-electron chi connectivity index (χ2n) is 8.51. The number of rotatable bonds is 9. The number of ether oxygens (including phenoxy) is 1. The smallest absolute Gasteiger partial charge is 0.264 e. The van der Waals surface area contributed by atoms with Gasteiger partial charge >= 0.3 is 0 Å². The fourth-order valence-electron chi connectivity index (χ4n) is 4.15. The molecule has 1 N–H and O–H groups in total. The topological polar surface area (TPSA) is 79.0 Å². The first-order valence-corrected chi connectivity index (χ1v) is 13.2. The van der Waals surface area contributed by atoms with Crippen molar-refractivity contribution in [2.45, 2.75) is 30.7 Å². The molecule has 7 nitrogen and oxygen atoms in total. The Morgan fingerprint density at radius 2 is 1.57 bits per heavy atom. The summed E-state index contributed by atoms with van der Waals surface area (Å²) >= 11 is 0. The summed E-state index contributed by atoms with van der Waals surface area (Å²) in [5.41, 5.74) is 2.58. The first kappa shape index (κ1) is 24.6. The number of piperidine rings is 1. The van der Waals surface area contributed by atoms with Gasteiger partial charge in [-0.2, -0.15) is 0 Å². The zero-order valence-corrected chi connectivity index (χ0v) is 20.7. The number of carbonyl (C=O) groups is 1. The highest BCUT2D eigenvalue weighted by molar-refractivity contribution is 7.92. The Labute approximate surface area is 207 Å². The van der Waals surface area contributed by atoms with Gasteiger partial charge in [0.05, 0.1) is 17.7 Å². The molecule has 0 saturated carbocycles. The normalized spacial score (nSPS) is 13.8. The number of nitrogens with one attached hydrogen (secondary N) is 1. The number of anilines is 2. The van der Waals surface area contributed by atoms with E-state index in [-0.39, 0.29) is 17.3 Å². The molecule has 1 aliphatic rings. The third-order valence-corrected chi connectivity index (χ3v) is 7.91. The number of amides is 1. The Hall–Kier alpha value is -3.52. The summed E-state index contributed by atoms with van der Waals surface area (Å²) in [5, 5.41) is 2.86. The van der Waals surface area contributed by atoms with Crippen molar-refractivity contribution < 1.29 is 17.9 Å². The zero-order valence-electron chi connectivity index (χ0n) is 19.9. The molecule has 1 saturated heterocycles.